The van der Waals surface area contributed by atoms with Crippen LogP contribution in [0.25, 0.3) is 11.0 Å². The first-order valence-electron chi connectivity index (χ1n) is 10.3. The van der Waals surface area contributed by atoms with Gasteiger partial charge in [0.25, 0.3) is 10.0 Å². The van der Waals surface area contributed by atoms with Crippen LogP contribution in [0.1, 0.15) is 33.3 Å². The lowest BCUT2D eigenvalue weighted by Crippen LogP contribution is -2.33. The summed E-state index contributed by atoms with van der Waals surface area (Å²) in [7, 11) is -3.79. The normalized spacial score (nSPS) is 12.0. The van der Waals surface area contributed by atoms with Crippen molar-refractivity contribution >= 4 is 32.7 Å². The Morgan fingerprint density at radius 3 is 1.93 bits per heavy atom. The van der Waals surface area contributed by atoms with Crippen LogP contribution in [0.5, 0.6) is 0 Å². The molecular formula is C23H30N4O2S. The van der Waals surface area contributed by atoms with Crippen LogP contribution in [0.2, 0.25) is 0 Å². The molecule has 6 nitrogen and oxygen atoms in total. The molecule has 0 bridgehead atoms. The minimum absolute atomic E-state index is 0.202. The Bertz CT molecular complexity index is 1100. The molecule has 0 saturated carbocycles. The van der Waals surface area contributed by atoms with Gasteiger partial charge in [0.2, 0.25) is 0 Å². The van der Waals surface area contributed by atoms with Gasteiger partial charge in [-0.2, -0.15) is 0 Å². The summed E-state index contributed by atoms with van der Waals surface area (Å²) in [6.07, 6.45) is 0. The molecule has 0 spiro atoms. The van der Waals surface area contributed by atoms with E-state index in [9.17, 15) is 8.42 Å². The Morgan fingerprint density at radius 2 is 1.40 bits per heavy atom. The van der Waals surface area contributed by atoms with E-state index < -0.39 is 10.0 Å². The Hall–Kier alpha value is -2.67. The van der Waals surface area contributed by atoms with Crippen LogP contribution in [0.4, 0.5) is 11.6 Å². The minimum atomic E-state index is -3.79. The molecule has 0 saturated heterocycles. The first-order chi connectivity index (χ1) is 14.2. The predicted molar refractivity (Wildman–Crippen MR) is 123 cm³/mol. The number of para-hydroxylation sites is 2. The topological polar surface area (TPSA) is 75.2 Å². The lowest BCUT2D eigenvalue weighted by Gasteiger charge is -2.29. The van der Waals surface area contributed by atoms with E-state index in [-0.39, 0.29) is 10.7 Å². The van der Waals surface area contributed by atoms with Crippen molar-refractivity contribution in [3.63, 3.8) is 0 Å². The molecule has 0 atom stereocenters. The molecule has 0 unspecified atom stereocenters. The molecule has 0 aliphatic rings. The first-order valence-corrected chi connectivity index (χ1v) is 11.7. The standard InChI is InChI=1S/C23H30N4O2S/c1-16(2)14-27(15-17(3)4)23-22(24-20-8-6-7-9-21(20)25-23)26-30(28,29)19-12-10-18(5)11-13-19/h6-13,16-17H,14-15H2,1-5H3,(H,24,26). The van der Waals surface area contributed by atoms with E-state index in [1.54, 1.807) is 24.3 Å². The fourth-order valence-corrected chi connectivity index (χ4v) is 4.32. The van der Waals surface area contributed by atoms with Crippen molar-refractivity contribution in [2.24, 2.45) is 11.8 Å². The number of benzene rings is 2. The van der Waals surface area contributed by atoms with E-state index in [2.05, 4.69) is 42.3 Å². The van der Waals surface area contributed by atoms with Crippen molar-refractivity contribution in [3.05, 3.63) is 54.1 Å². The zero-order chi connectivity index (χ0) is 21.9. The summed E-state index contributed by atoms with van der Waals surface area (Å²) in [5, 5.41) is 0. The molecule has 7 heteroatoms. The van der Waals surface area contributed by atoms with Crippen LogP contribution in [0.15, 0.2) is 53.4 Å². The number of anilines is 2. The molecule has 3 rings (SSSR count). The third-order valence-electron chi connectivity index (χ3n) is 4.59. The zero-order valence-electron chi connectivity index (χ0n) is 18.3. The van der Waals surface area contributed by atoms with E-state index in [1.807, 2.05) is 31.2 Å². The molecule has 1 N–H and O–H groups in total. The van der Waals surface area contributed by atoms with Crippen molar-refractivity contribution in [3.8, 4) is 0 Å². The molecular weight excluding hydrogens is 396 g/mol. The largest absolute Gasteiger partial charge is 0.353 e. The number of aryl methyl sites for hydroxylation is 1. The van der Waals surface area contributed by atoms with Crippen LogP contribution in [-0.4, -0.2) is 31.5 Å². The molecule has 0 fully saturated rings. The number of fused-ring (bicyclic) bond motifs is 1. The van der Waals surface area contributed by atoms with Crippen molar-refractivity contribution in [2.75, 3.05) is 22.7 Å². The van der Waals surface area contributed by atoms with Crippen molar-refractivity contribution in [2.45, 2.75) is 39.5 Å². The van der Waals surface area contributed by atoms with Crippen molar-refractivity contribution in [1.29, 1.82) is 0 Å². The van der Waals surface area contributed by atoms with Crippen LogP contribution in [-0.2, 0) is 10.0 Å². The maximum Gasteiger partial charge on any atom is 0.263 e. The lowest BCUT2D eigenvalue weighted by atomic mass is 10.1. The van der Waals surface area contributed by atoms with Crippen LogP contribution in [0, 0.1) is 18.8 Å². The number of rotatable bonds is 8. The third-order valence-corrected chi connectivity index (χ3v) is 5.94. The van der Waals surface area contributed by atoms with Gasteiger partial charge in [-0.25, -0.2) is 18.4 Å². The van der Waals surface area contributed by atoms with Gasteiger partial charge in [-0.15, -0.1) is 0 Å². The molecule has 0 amide bonds. The number of aromatic nitrogens is 2. The summed E-state index contributed by atoms with van der Waals surface area (Å²) in [5.74, 6) is 1.60. The quantitative estimate of drug-likeness (QED) is 0.557. The fourth-order valence-electron chi connectivity index (χ4n) is 3.31. The Morgan fingerprint density at radius 1 is 0.867 bits per heavy atom. The first kappa shape index (κ1) is 22.0. The second kappa shape index (κ2) is 9.00. The van der Waals surface area contributed by atoms with Gasteiger partial charge >= 0.3 is 0 Å². The van der Waals surface area contributed by atoms with Crippen LogP contribution >= 0.6 is 0 Å². The third kappa shape index (κ3) is 5.27. The summed E-state index contributed by atoms with van der Waals surface area (Å²) in [5.41, 5.74) is 2.39. The van der Waals surface area contributed by atoms with Gasteiger partial charge in [0.05, 0.1) is 15.9 Å². The fraction of sp³-hybridized carbons (Fsp3) is 0.391. The molecule has 0 aliphatic carbocycles. The molecule has 30 heavy (non-hydrogen) atoms. The van der Waals surface area contributed by atoms with Crippen molar-refractivity contribution in [1.82, 2.24) is 9.97 Å². The van der Waals surface area contributed by atoms with E-state index in [0.29, 0.717) is 23.2 Å². The van der Waals surface area contributed by atoms with Gasteiger partial charge in [0, 0.05) is 13.1 Å². The lowest BCUT2D eigenvalue weighted by molar-refractivity contribution is 0.549. The highest BCUT2D eigenvalue weighted by Crippen LogP contribution is 2.28. The van der Waals surface area contributed by atoms with Gasteiger partial charge in [-0.1, -0.05) is 57.5 Å². The highest BCUT2D eigenvalue weighted by atomic mass is 32.2. The summed E-state index contributed by atoms with van der Waals surface area (Å²) in [4.78, 5) is 11.8. The SMILES string of the molecule is Cc1ccc(S(=O)(=O)Nc2nc3ccccc3nc2N(CC(C)C)CC(C)C)cc1. The average molecular weight is 427 g/mol. The van der Waals surface area contributed by atoms with Gasteiger partial charge in [0.15, 0.2) is 11.6 Å². The summed E-state index contributed by atoms with van der Waals surface area (Å²) >= 11 is 0. The number of hydrogen-bond acceptors (Lipinski definition) is 5. The molecule has 1 aromatic heterocycles. The molecule has 0 aliphatic heterocycles. The predicted octanol–water partition coefficient (Wildman–Crippen LogP) is 4.86. The van der Waals surface area contributed by atoms with Crippen LogP contribution in [0.3, 0.4) is 0 Å². The molecule has 160 valence electrons. The highest BCUT2D eigenvalue weighted by molar-refractivity contribution is 7.92. The van der Waals surface area contributed by atoms with Gasteiger partial charge < -0.3 is 4.90 Å². The van der Waals surface area contributed by atoms with E-state index in [1.165, 1.54) is 0 Å². The second-order valence-corrected chi connectivity index (χ2v) is 10.2. The molecule has 1 heterocycles. The van der Waals surface area contributed by atoms with Crippen molar-refractivity contribution < 1.29 is 8.42 Å². The minimum Gasteiger partial charge on any atom is -0.353 e. The maximum absolute atomic E-state index is 13.1. The van der Waals surface area contributed by atoms with Gasteiger partial charge in [-0.3, -0.25) is 4.72 Å². The Balaban J connectivity index is 2.11. The highest BCUT2D eigenvalue weighted by Gasteiger charge is 2.23. The zero-order valence-corrected chi connectivity index (χ0v) is 19.1. The Kier molecular flexibility index (Phi) is 6.61. The summed E-state index contributed by atoms with van der Waals surface area (Å²) in [6, 6.07) is 14.3. The number of hydrogen-bond donors (Lipinski definition) is 1. The average Bonchev–Trinajstić information content (AvgIpc) is 2.66. The Labute approximate surface area is 179 Å². The van der Waals surface area contributed by atoms with Gasteiger partial charge in [-0.05, 0) is 43.0 Å². The summed E-state index contributed by atoms with van der Waals surface area (Å²) in [6.45, 7) is 12.0. The molecule has 0 radical (unpaired) electrons. The van der Waals surface area contributed by atoms with E-state index in [0.717, 1.165) is 24.2 Å². The van der Waals surface area contributed by atoms with E-state index in [4.69, 9.17) is 4.98 Å². The molecule has 2 aromatic carbocycles. The smallest absolute Gasteiger partial charge is 0.263 e. The second-order valence-electron chi connectivity index (χ2n) is 8.50. The molecule has 3 aromatic rings. The monoisotopic (exact) mass is 426 g/mol. The number of sulfonamides is 1. The maximum atomic E-state index is 13.1. The van der Waals surface area contributed by atoms with Crippen LogP contribution < -0.4 is 9.62 Å². The number of nitrogens with one attached hydrogen (secondary N) is 1. The van der Waals surface area contributed by atoms with E-state index >= 15 is 0 Å². The number of nitrogens with zero attached hydrogens (tertiary/aromatic N) is 3. The van der Waals surface area contributed by atoms with Gasteiger partial charge in [0.1, 0.15) is 0 Å². The summed E-state index contributed by atoms with van der Waals surface area (Å²) < 4.78 is 28.8.